The van der Waals surface area contributed by atoms with E-state index in [4.69, 9.17) is 0 Å². The number of ether oxygens (including phenoxy) is 1. The van der Waals surface area contributed by atoms with Crippen LogP contribution in [0, 0.1) is 6.92 Å². The number of anilines is 1. The normalized spacial score (nSPS) is 14.5. The summed E-state index contributed by atoms with van der Waals surface area (Å²) in [5, 5.41) is 8.69. The molecular formula is C30H26F3N7O3S. The van der Waals surface area contributed by atoms with E-state index in [-0.39, 0.29) is 22.6 Å². The number of benzene rings is 3. The van der Waals surface area contributed by atoms with E-state index in [1.807, 2.05) is 25.1 Å². The molecule has 0 aliphatic carbocycles. The molecule has 1 aliphatic heterocycles. The molecule has 0 radical (unpaired) electrons. The van der Waals surface area contributed by atoms with Gasteiger partial charge in [-0.15, -0.1) is 18.3 Å². The second-order valence-corrected chi connectivity index (χ2v) is 10.6. The number of aromatic nitrogens is 3. The van der Waals surface area contributed by atoms with E-state index in [1.54, 1.807) is 24.3 Å². The molecule has 0 atom stereocenters. The van der Waals surface area contributed by atoms with Gasteiger partial charge in [0, 0.05) is 5.56 Å². The zero-order chi connectivity index (χ0) is 31.3. The molecule has 4 aromatic rings. The first kappa shape index (κ1) is 30.5. The summed E-state index contributed by atoms with van der Waals surface area (Å²) in [6.07, 6.45) is -0.209. The molecule has 1 aliphatic rings. The number of amidine groups is 1. The molecule has 3 aromatic carbocycles. The minimum absolute atomic E-state index is 0.145. The van der Waals surface area contributed by atoms with Gasteiger partial charge in [-0.25, -0.2) is 19.9 Å². The number of carbonyl (C=O) groups excluding carboxylic acids is 2. The van der Waals surface area contributed by atoms with Crippen LogP contribution in [0.3, 0.4) is 0 Å². The molecule has 0 unspecified atom stereocenters. The number of hydrogen-bond acceptors (Lipinski definition) is 7. The van der Waals surface area contributed by atoms with Crippen LogP contribution < -0.4 is 15.1 Å². The summed E-state index contributed by atoms with van der Waals surface area (Å²) < 4.78 is 42.6. The van der Waals surface area contributed by atoms with Crippen molar-refractivity contribution in [3.05, 3.63) is 89.7 Å². The zero-order valence-corrected chi connectivity index (χ0v) is 24.4. The van der Waals surface area contributed by atoms with Gasteiger partial charge in [-0.1, -0.05) is 55.4 Å². The van der Waals surface area contributed by atoms with Gasteiger partial charge >= 0.3 is 12.4 Å². The number of alkyl halides is 3. The van der Waals surface area contributed by atoms with Crippen LogP contribution in [0.25, 0.3) is 17.1 Å². The molecule has 5 rings (SSSR count). The van der Waals surface area contributed by atoms with Crippen LogP contribution in [0.4, 0.5) is 23.7 Å². The van der Waals surface area contributed by atoms with Gasteiger partial charge in [0.2, 0.25) is 5.91 Å². The quantitative estimate of drug-likeness (QED) is 0.183. The molecule has 1 saturated heterocycles. The summed E-state index contributed by atoms with van der Waals surface area (Å²) in [4.78, 5) is 35.2. The molecule has 0 bridgehead atoms. The highest BCUT2D eigenvalue weighted by molar-refractivity contribution is 8.15. The smallest absolute Gasteiger partial charge is 0.406 e. The van der Waals surface area contributed by atoms with Gasteiger partial charge in [-0.3, -0.25) is 9.69 Å². The number of hydrazone groups is 1. The minimum atomic E-state index is -4.77. The number of carbonyl (C=O) groups is 2. The van der Waals surface area contributed by atoms with Gasteiger partial charge in [-0.2, -0.15) is 10.1 Å². The molecule has 1 fully saturated rings. The van der Waals surface area contributed by atoms with Crippen LogP contribution in [-0.2, 0) is 11.2 Å². The first-order chi connectivity index (χ1) is 21.1. The van der Waals surface area contributed by atoms with Crippen LogP contribution in [0.2, 0.25) is 0 Å². The maximum atomic E-state index is 12.7. The Labute approximate surface area is 254 Å². The molecular weight excluding hydrogens is 595 g/mol. The van der Waals surface area contributed by atoms with E-state index in [0.29, 0.717) is 22.6 Å². The van der Waals surface area contributed by atoms with Crippen molar-refractivity contribution >= 4 is 40.8 Å². The molecule has 44 heavy (non-hydrogen) atoms. The average Bonchev–Trinajstić information content (AvgIpc) is 3.61. The standard InChI is InChI=1S/C30H26F3N7O3S/c1-3-5-21-9-8-19(2)14-25(21)40-26(41)17-44-29(40)36-28(42)37-35-16-20-6-4-7-22(15-20)27-34-18-39(38-27)23-10-12-24(13-11-23)43-30(31,32)33/h4,6-16,18H,3,5,17H2,1-2H3,(H,37,42)/b35-16+,36-29?. The number of aliphatic imine (C=N–C) groups is 1. The van der Waals surface area contributed by atoms with Gasteiger partial charge < -0.3 is 4.74 Å². The molecule has 226 valence electrons. The summed E-state index contributed by atoms with van der Waals surface area (Å²) in [6.45, 7) is 4.01. The Bertz CT molecular complexity index is 1740. The maximum absolute atomic E-state index is 12.7. The summed E-state index contributed by atoms with van der Waals surface area (Å²) >= 11 is 1.19. The van der Waals surface area contributed by atoms with Crippen molar-refractivity contribution in [1.29, 1.82) is 0 Å². The molecule has 14 heteroatoms. The Hall–Kier alpha value is -4.98. The van der Waals surface area contributed by atoms with Crippen LogP contribution >= 0.6 is 11.8 Å². The Balaban J connectivity index is 1.25. The van der Waals surface area contributed by atoms with Crippen molar-refractivity contribution in [1.82, 2.24) is 20.2 Å². The SMILES string of the molecule is CCCc1ccc(C)cc1N1C(=O)CSC1=NC(=O)N/N=C/c1cccc(-c2ncn(-c3ccc(OC(F)(F)F)cc3)n2)c1. The summed E-state index contributed by atoms with van der Waals surface area (Å²) in [5.41, 5.74) is 6.89. The van der Waals surface area contributed by atoms with E-state index >= 15 is 0 Å². The average molecular weight is 622 g/mol. The van der Waals surface area contributed by atoms with Gasteiger partial charge in [0.05, 0.1) is 23.3 Å². The number of aryl methyl sites for hydroxylation is 2. The first-order valence-electron chi connectivity index (χ1n) is 13.4. The highest BCUT2D eigenvalue weighted by Gasteiger charge is 2.32. The third-order valence-electron chi connectivity index (χ3n) is 6.31. The molecule has 1 aromatic heterocycles. The van der Waals surface area contributed by atoms with Gasteiger partial charge in [0.1, 0.15) is 12.1 Å². The third-order valence-corrected chi connectivity index (χ3v) is 7.23. The van der Waals surface area contributed by atoms with Crippen molar-refractivity contribution in [3.8, 4) is 22.8 Å². The minimum Gasteiger partial charge on any atom is -0.406 e. The third kappa shape index (κ3) is 7.50. The summed E-state index contributed by atoms with van der Waals surface area (Å²) in [6, 6.07) is 17.5. The number of hydrogen-bond donors (Lipinski definition) is 1. The molecule has 3 amide bonds. The lowest BCUT2D eigenvalue weighted by Gasteiger charge is -2.20. The molecule has 10 nitrogen and oxygen atoms in total. The van der Waals surface area contributed by atoms with Gasteiger partial charge in [0.15, 0.2) is 11.0 Å². The maximum Gasteiger partial charge on any atom is 0.573 e. The topological polar surface area (TPSA) is 114 Å². The second kappa shape index (κ2) is 13.1. The Kier molecular flexibility index (Phi) is 9.09. The second-order valence-electron chi connectivity index (χ2n) is 9.65. The predicted octanol–water partition coefficient (Wildman–Crippen LogP) is 6.27. The molecule has 0 saturated carbocycles. The number of thioether (sulfide) groups is 1. The Morgan fingerprint density at radius 3 is 2.68 bits per heavy atom. The fraction of sp³-hybridized carbons (Fsp3) is 0.200. The molecule has 1 N–H and O–H groups in total. The fourth-order valence-electron chi connectivity index (χ4n) is 4.40. The predicted molar refractivity (Wildman–Crippen MR) is 162 cm³/mol. The van der Waals surface area contributed by atoms with Crippen molar-refractivity contribution in [2.45, 2.75) is 33.1 Å². The number of urea groups is 1. The highest BCUT2D eigenvalue weighted by Crippen LogP contribution is 2.31. The Morgan fingerprint density at radius 2 is 1.93 bits per heavy atom. The van der Waals surface area contributed by atoms with Crippen molar-refractivity contribution in [2.75, 3.05) is 10.7 Å². The van der Waals surface area contributed by atoms with E-state index in [9.17, 15) is 22.8 Å². The van der Waals surface area contributed by atoms with Gasteiger partial charge in [-0.05, 0) is 66.4 Å². The number of nitrogens with zero attached hydrogens (tertiary/aromatic N) is 6. The van der Waals surface area contributed by atoms with E-state index < -0.39 is 12.4 Å². The monoisotopic (exact) mass is 621 g/mol. The molecule has 0 spiro atoms. The lowest BCUT2D eigenvalue weighted by atomic mass is 10.0. The number of rotatable bonds is 8. The van der Waals surface area contributed by atoms with Crippen LogP contribution in [-0.4, -0.2) is 50.2 Å². The van der Waals surface area contributed by atoms with Gasteiger partial charge in [0.25, 0.3) is 0 Å². The van der Waals surface area contributed by atoms with Crippen LogP contribution in [0.5, 0.6) is 5.75 Å². The van der Waals surface area contributed by atoms with Crippen molar-refractivity contribution in [2.24, 2.45) is 10.1 Å². The van der Waals surface area contributed by atoms with E-state index in [0.717, 1.165) is 29.7 Å². The number of amides is 3. The Morgan fingerprint density at radius 1 is 1.14 bits per heavy atom. The van der Waals surface area contributed by atoms with Crippen molar-refractivity contribution in [3.63, 3.8) is 0 Å². The highest BCUT2D eigenvalue weighted by atomic mass is 32.2. The lowest BCUT2D eigenvalue weighted by Crippen LogP contribution is -2.31. The zero-order valence-electron chi connectivity index (χ0n) is 23.6. The van der Waals surface area contributed by atoms with Crippen molar-refractivity contribution < 1.29 is 27.5 Å². The summed E-state index contributed by atoms with van der Waals surface area (Å²) in [7, 11) is 0. The van der Waals surface area contributed by atoms with E-state index in [2.05, 4.69) is 37.3 Å². The van der Waals surface area contributed by atoms with E-state index in [1.165, 1.54) is 58.2 Å². The van der Waals surface area contributed by atoms with Crippen LogP contribution in [0.15, 0.2) is 83.2 Å². The first-order valence-corrected chi connectivity index (χ1v) is 14.4. The number of nitrogens with one attached hydrogen (secondary N) is 1. The summed E-state index contributed by atoms with van der Waals surface area (Å²) in [5.74, 6) is 0.0667. The fourth-order valence-corrected chi connectivity index (χ4v) is 5.26. The molecule has 2 heterocycles. The largest absolute Gasteiger partial charge is 0.573 e. The van der Waals surface area contributed by atoms with Crippen LogP contribution in [0.1, 0.15) is 30.0 Å². The number of halogens is 3. The lowest BCUT2D eigenvalue weighted by molar-refractivity contribution is -0.274.